The highest BCUT2D eigenvalue weighted by Gasteiger charge is 2.11. The number of rotatable bonds is 12. The molecule has 34 heavy (non-hydrogen) atoms. The number of benzene rings is 2. The Morgan fingerprint density at radius 3 is 2.76 bits per heavy atom. The van der Waals surface area contributed by atoms with Gasteiger partial charge in [0.2, 0.25) is 0 Å². The molecule has 0 unspecified atom stereocenters. The molecule has 2 aromatic heterocycles. The summed E-state index contributed by atoms with van der Waals surface area (Å²) in [7, 11) is 0. The van der Waals surface area contributed by atoms with Crippen molar-refractivity contribution in [2.24, 2.45) is 0 Å². The van der Waals surface area contributed by atoms with Crippen molar-refractivity contribution in [3.05, 3.63) is 83.6 Å². The first-order valence-corrected chi connectivity index (χ1v) is 12.1. The molecule has 2 aromatic carbocycles. The van der Waals surface area contributed by atoms with E-state index >= 15 is 0 Å². The highest BCUT2D eigenvalue weighted by molar-refractivity contribution is 5.91. The second kappa shape index (κ2) is 11.5. The molecule has 0 saturated heterocycles. The number of hydrogen-bond acceptors (Lipinski definition) is 4. The number of unbranched alkanes of at least 4 members (excludes halogenated alkanes) is 2. The number of nitrogens with zero attached hydrogens (tertiary/aromatic N) is 2. The number of imidazole rings is 1. The van der Waals surface area contributed by atoms with Crippen molar-refractivity contribution in [1.29, 1.82) is 0 Å². The average Bonchev–Trinajstić information content (AvgIpc) is 3.49. The van der Waals surface area contributed by atoms with Gasteiger partial charge in [-0.05, 0) is 74.6 Å². The third-order valence-electron chi connectivity index (χ3n) is 5.97. The zero-order valence-electron chi connectivity index (χ0n) is 20.0. The lowest BCUT2D eigenvalue weighted by atomic mass is 10.1. The van der Waals surface area contributed by atoms with Gasteiger partial charge in [0.25, 0.3) is 5.91 Å². The SMILES string of the molecule is Cc1ccc(C)c(OCCCn2c(CCCCCNC(=O)c3ccco3)nc3ccccc32)c1. The number of fused-ring (bicyclic) bond motifs is 1. The van der Waals surface area contributed by atoms with Crippen LogP contribution in [0.15, 0.2) is 65.3 Å². The molecule has 178 valence electrons. The summed E-state index contributed by atoms with van der Waals surface area (Å²) in [6.07, 6.45) is 6.32. The van der Waals surface area contributed by atoms with Crippen LogP contribution < -0.4 is 10.1 Å². The molecule has 0 atom stereocenters. The molecule has 0 aliphatic rings. The Bertz CT molecular complexity index is 1210. The lowest BCUT2D eigenvalue weighted by Crippen LogP contribution is -2.23. The summed E-state index contributed by atoms with van der Waals surface area (Å²) in [6, 6.07) is 18.0. The van der Waals surface area contributed by atoms with Crippen molar-refractivity contribution < 1.29 is 13.9 Å². The maximum absolute atomic E-state index is 11.9. The third-order valence-corrected chi connectivity index (χ3v) is 5.97. The number of ether oxygens (including phenoxy) is 1. The van der Waals surface area contributed by atoms with Crippen LogP contribution in [0.4, 0.5) is 0 Å². The summed E-state index contributed by atoms with van der Waals surface area (Å²) in [5.74, 6) is 2.28. The van der Waals surface area contributed by atoms with Crippen LogP contribution in [-0.4, -0.2) is 28.6 Å². The van der Waals surface area contributed by atoms with E-state index in [2.05, 4.69) is 60.1 Å². The van der Waals surface area contributed by atoms with Crippen molar-refractivity contribution in [2.45, 2.75) is 52.5 Å². The molecule has 4 rings (SSSR count). The van der Waals surface area contributed by atoms with Crippen LogP contribution in [0.5, 0.6) is 5.75 Å². The molecule has 1 amide bonds. The quantitative estimate of drug-likeness (QED) is 0.270. The largest absolute Gasteiger partial charge is 0.493 e. The maximum Gasteiger partial charge on any atom is 0.286 e. The first-order chi connectivity index (χ1) is 16.6. The van der Waals surface area contributed by atoms with Crippen LogP contribution >= 0.6 is 0 Å². The van der Waals surface area contributed by atoms with Crippen LogP contribution in [0.3, 0.4) is 0 Å². The molecular formula is C28H33N3O3. The van der Waals surface area contributed by atoms with Gasteiger partial charge in [0.15, 0.2) is 5.76 Å². The van der Waals surface area contributed by atoms with E-state index in [1.54, 1.807) is 12.1 Å². The minimum Gasteiger partial charge on any atom is -0.493 e. The van der Waals surface area contributed by atoms with Crippen LogP contribution in [0.2, 0.25) is 0 Å². The second-order valence-electron chi connectivity index (χ2n) is 8.68. The Hall–Kier alpha value is -3.54. The van der Waals surface area contributed by atoms with Crippen LogP contribution in [0, 0.1) is 13.8 Å². The summed E-state index contributed by atoms with van der Waals surface area (Å²) in [5, 5.41) is 2.90. The van der Waals surface area contributed by atoms with E-state index in [0.717, 1.165) is 55.7 Å². The number of aromatic nitrogens is 2. The van der Waals surface area contributed by atoms with Gasteiger partial charge < -0.3 is 19.0 Å². The van der Waals surface area contributed by atoms with E-state index < -0.39 is 0 Å². The monoisotopic (exact) mass is 459 g/mol. The fourth-order valence-electron chi connectivity index (χ4n) is 4.12. The topological polar surface area (TPSA) is 69.3 Å². The lowest BCUT2D eigenvalue weighted by molar-refractivity contribution is 0.0925. The van der Waals surface area contributed by atoms with E-state index in [-0.39, 0.29) is 5.91 Å². The van der Waals surface area contributed by atoms with Gasteiger partial charge in [-0.2, -0.15) is 0 Å². The summed E-state index contributed by atoms with van der Waals surface area (Å²) in [4.78, 5) is 16.8. The molecule has 0 spiro atoms. The fourth-order valence-corrected chi connectivity index (χ4v) is 4.12. The Morgan fingerprint density at radius 2 is 1.91 bits per heavy atom. The van der Waals surface area contributed by atoms with E-state index in [1.807, 2.05) is 6.07 Å². The van der Waals surface area contributed by atoms with Crippen LogP contribution in [0.1, 0.15) is 53.2 Å². The van der Waals surface area contributed by atoms with Gasteiger partial charge in [-0.25, -0.2) is 4.98 Å². The number of hydrogen-bond donors (Lipinski definition) is 1. The van der Waals surface area contributed by atoms with Crippen molar-refractivity contribution in [1.82, 2.24) is 14.9 Å². The standard InChI is InChI=1S/C28H33N3O3/c1-21-14-15-22(2)26(20-21)34-19-9-17-31-24-11-6-5-10-23(24)30-27(31)13-4-3-7-16-29-28(32)25-12-8-18-33-25/h5-6,8,10-12,14-15,18,20H,3-4,7,9,13,16-17,19H2,1-2H3,(H,29,32). The minimum atomic E-state index is -0.158. The van der Waals surface area contributed by atoms with Gasteiger partial charge in [-0.15, -0.1) is 0 Å². The number of nitrogens with one attached hydrogen (secondary N) is 1. The number of amides is 1. The van der Waals surface area contributed by atoms with E-state index in [4.69, 9.17) is 14.1 Å². The van der Waals surface area contributed by atoms with E-state index in [1.165, 1.54) is 22.9 Å². The van der Waals surface area contributed by atoms with Gasteiger partial charge in [-0.3, -0.25) is 4.79 Å². The summed E-state index contributed by atoms with van der Waals surface area (Å²) in [5.41, 5.74) is 4.59. The molecule has 6 nitrogen and oxygen atoms in total. The van der Waals surface area contributed by atoms with E-state index in [0.29, 0.717) is 18.9 Å². The van der Waals surface area contributed by atoms with Gasteiger partial charge in [-0.1, -0.05) is 30.7 Å². The number of para-hydroxylation sites is 2. The summed E-state index contributed by atoms with van der Waals surface area (Å²) >= 11 is 0. The van der Waals surface area contributed by atoms with Crippen molar-refractivity contribution in [3.8, 4) is 5.75 Å². The molecular weight excluding hydrogens is 426 g/mol. The molecule has 6 heteroatoms. The Kier molecular flexibility index (Phi) is 8.02. The van der Waals surface area contributed by atoms with Gasteiger partial charge in [0.1, 0.15) is 11.6 Å². The predicted octanol–water partition coefficient (Wildman–Crippen LogP) is 5.86. The summed E-state index contributed by atoms with van der Waals surface area (Å²) in [6.45, 7) is 6.36. The summed E-state index contributed by atoms with van der Waals surface area (Å²) < 4.78 is 13.5. The highest BCUT2D eigenvalue weighted by Crippen LogP contribution is 2.21. The van der Waals surface area contributed by atoms with E-state index in [9.17, 15) is 4.79 Å². The first kappa shape index (κ1) is 23.6. The Balaban J connectivity index is 1.26. The van der Waals surface area contributed by atoms with Gasteiger partial charge >= 0.3 is 0 Å². The van der Waals surface area contributed by atoms with Crippen molar-refractivity contribution in [2.75, 3.05) is 13.2 Å². The number of aryl methyl sites for hydroxylation is 4. The predicted molar refractivity (Wildman–Crippen MR) is 134 cm³/mol. The zero-order chi connectivity index (χ0) is 23.8. The molecule has 1 N–H and O–H groups in total. The molecule has 2 heterocycles. The van der Waals surface area contributed by atoms with Gasteiger partial charge in [0.05, 0.1) is 23.9 Å². The van der Waals surface area contributed by atoms with Gasteiger partial charge in [0, 0.05) is 19.5 Å². The average molecular weight is 460 g/mol. The number of carbonyl (C=O) groups excluding carboxylic acids is 1. The fraction of sp³-hybridized carbons (Fsp3) is 0.357. The number of carbonyl (C=O) groups is 1. The van der Waals surface area contributed by atoms with Crippen molar-refractivity contribution in [3.63, 3.8) is 0 Å². The smallest absolute Gasteiger partial charge is 0.286 e. The normalized spacial score (nSPS) is 11.1. The lowest BCUT2D eigenvalue weighted by Gasteiger charge is -2.12. The molecule has 0 aliphatic heterocycles. The highest BCUT2D eigenvalue weighted by atomic mass is 16.5. The Morgan fingerprint density at radius 1 is 1.03 bits per heavy atom. The molecule has 0 fully saturated rings. The third kappa shape index (κ3) is 6.07. The van der Waals surface area contributed by atoms with Crippen LogP contribution in [0.25, 0.3) is 11.0 Å². The van der Waals surface area contributed by atoms with Crippen LogP contribution in [-0.2, 0) is 13.0 Å². The van der Waals surface area contributed by atoms with Crippen molar-refractivity contribution >= 4 is 16.9 Å². The minimum absolute atomic E-state index is 0.158. The molecule has 0 aliphatic carbocycles. The Labute approximate surface area is 200 Å². The zero-order valence-corrected chi connectivity index (χ0v) is 20.0. The first-order valence-electron chi connectivity index (χ1n) is 12.1. The molecule has 0 saturated carbocycles. The second-order valence-corrected chi connectivity index (χ2v) is 8.68. The molecule has 0 radical (unpaired) electrons. The molecule has 0 bridgehead atoms. The maximum atomic E-state index is 11.9. The molecule has 4 aromatic rings. The number of furan rings is 1.